The average molecular weight is 356 g/mol. The maximum atomic E-state index is 12.1. The van der Waals surface area contributed by atoms with Gasteiger partial charge in [0.2, 0.25) is 5.89 Å². The average Bonchev–Trinajstić information content (AvgIpc) is 3.37. The number of amides is 1. The highest BCUT2D eigenvalue weighted by Gasteiger charge is 2.37. The molecule has 7 heteroatoms. The van der Waals surface area contributed by atoms with Crippen molar-refractivity contribution in [2.75, 3.05) is 6.54 Å². The van der Waals surface area contributed by atoms with Crippen LogP contribution in [-0.2, 0) is 6.54 Å². The second kappa shape index (κ2) is 6.23. The predicted molar refractivity (Wildman–Crippen MR) is 92.4 cm³/mol. The van der Waals surface area contributed by atoms with Crippen LogP contribution >= 0.6 is 0 Å². The van der Waals surface area contributed by atoms with E-state index in [-0.39, 0.29) is 23.8 Å². The number of hydrogen-bond donors (Lipinski definition) is 1. The van der Waals surface area contributed by atoms with E-state index in [1.54, 1.807) is 0 Å². The molecule has 0 spiro atoms. The van der Waals surface area contributed by atoms with E-state index in [0.29, 0.717) is 11.8 Å². The van der Waals surface area contributed by atoms with Crippen LogP contribution in [0.1, 0.15) is 79.0 Å². The topological polar surface area (TPSA) is 84.4 Å². The number of aromatic nitrogens is 2. The molecule has 1 amide bonds. The monoisotopic (exact) mass is 356 g/mol. The molecule has 7 nitrogen and oxygen atoms in total. The van der Waals surface area contributed by atoms with E-state index in [0.717, 1.165) is 56.2 Å². The van der Waals surface area contributed by atoms with Crippen LogP contribution in [0.25, 0.3) is 0 Å². The Kier molecular flexibility index (Phi) is 3.85. The van der Waals surface area contributed by atoms with Gasteiger partial charge < -0.3 is 14.3 Å². The third kappa shape index (κ3) is 3.16. The molecule has 0 aromatic carbocycles. The van der Waals surface area contributed by atoms with Gasteiger partial charge in [0.1, 0.15) is 11.5 Å². The van der Waals surface area contributed by atoms with E-state index in [4.69, 9.17) is 8.94 Å². The zero-order valence-corrected chi connectivity index (χ0v) is 15.0. The minimum atomic E-state index is -0.235. The minimum absolute atomic E-state index is 0.0540. The molecule has 2 saturated carbocycles. The van der Waals surface area contributed by atoms with Crippen LogP contribution in [0.2, 0.25) is 0 Å². The van der Waals surface area contributed by atoms with Gasteiger partial charge >= 0.3 is 0 Å². The summed E-state index contributed by atoms with van der Waals surface area (Å²) in [5.41, 5.74) is 0. The third-order valence-electron chi connectivity index (χ3n) is 5.72. The van der Waals surface area contributed by atoms with Crippen molar-refractivity contribution in [2.24, 2.45) is 5.92 Å². The zero-order chi connectivity index (χ0) is 17.7. The van der Waals surface area contributed by atoms with Crippen molar-refractivity contribution >= 4 is 5.91 Å². The van der Waals surface area contributed by atoms with E-state index in [2.05, 4.69) is 39.4 Å². The molecule has 1 aliphatic heterocycles. The predicted octanol–water partition coefficient (Wildman–Crippen LogP) is 3.02. The number of carbonyl (C=O) groups excluding carboxylic acids is 1. The Bertz CT molecular complexity index is 809. The van der Waals surface area contributed by atoms with Crippen LogP contribution in [0.15, 0.2) is 21.1 Å². The molecule has 2 aromatic rings. The summed E-state index contributed by atoms with van der Waals surface area (Å²) in [5, 5.41) is 6.77. The number of nitrogens with one attached hydrogen (secondary N) is 1. The first-order chi connectivity index (χ1) is 12.7. The molecule has 1 saturated heterocycles. The quantitative estimate of drug-likeness (QED) is 0.856. The summed E-state index contributed by atoms with van der Waals surface area (Å²) in [4.78, 5) is 18.7. The van der Waals surface area contributed by atoms with Gasteiger partial charge in [-0.15, -0.1) is 0 Å². The van der Waals surface area contributed by atoms with E-state index in [9.17, 15) is 4.79 Å². The summed E-state index contributed by atoms with van der Waals surface area (Å²) in [6.45, 7) is 3.96. The Balaban J connectivity index is 1.26. The molecule has 0 radical (unpaired) electrons. The van der Waals surface area contributed by atoms with E-state index in [1.807, 2.05) is 0 Å². The van der Waals surface area contributed by atoms with Crippen molar-refractivity contribution in [3.63, 3.8) is 0 Å². The molecule has 138 valence electrons. The van der Waals surface area contributed by atoms with Gasteiger partial charge in [0, 0.05) is 12.0 Å². The largest absolute Gasteiger partial charge is 0.464 e. The summed E-state index contributed by atoms with van der Waals surface area (Å²) >= 11 is 0. The molecule has 2 aliphatic carbocycles. The molecule has 0 unspecified atom stereocenters. The molecule has 2 aromatic heterocycles. The maximum absolute atomic E-state index is 12.1. The fourth-order valence-electron chi connectivity index (χ4n) is 3.83. The molecule has 3 aliphatic rings. The fourth-order valence-corrected chi connectivity index (χ4v) is 3.83. The van der Waals surface area contributed by atoms with Crippen LogP contribution in [0.5, 0.6) is 0 Å². The highest BCUT2D eigenvalue weighted by molar-refractivity contribution is 5.90. The summed E-state index contributed by atoms with van der Waals surface area (Å²) in [6.07, 6.45) is 5.34. The van der Waals surface area contributed by atoms with Gasteiger partial charge in [-0.05, 0) is 56.7 Å². The zero-order valence-electron chi connectivity index (χ0n) is 15.0. The first-order valence-electron chi connectivity index (χ1n) is 9.64. The third-order valence-corrected chi connectivity index (χ3v) is 5.72. The second-order valence-corrected chi connectivity index (χ2v) is 7.96. The van der Waals surface area contributed by atoms with E-state index < -0.39 is 0 Å². The highest BCUT2D eigenvalue weighted by atomic mass is 16.5. The van der Waals surface area contributed by atoms with Crippen LogP contribution in [0, 0.1) is 5.92 Å². The smallest absolute Gasteiger partial charge is 0.292 e. The molecule has 3 fully saturated rings. The van der Waals surface area contributed by atoms with Crippen LogP contribution < -0.4 is 5.32 Å². The lowest BCUT2D eigenvalue weighted by Gasteiger charge is -2.19. The van der Waals surface area contributed by atoms with Gasteiger partial charge in [-0.3, -0.25) is 9.69 Å². The summed E-state index contributed by atoms with van der Waals surface area (Å²) < 4.78 is 11.5. The molecule has 1 N–H and O–H groups in total. The Morgan fingerprint density at radius 2 is 2.19 bits per heavy atom. The van der Waals surface area contributed by atoms with Gasteiger partial charge in [-0.2, -0.15) is 4.98 Å². The standard InChI is InChI=1S/C19H24N4O3/c1-11-9-14(11)16-7-6-13(25-16)10-23-8-2-3-15(23)19-21-17(22-26-19)18(24)20-12-4-5-12/h6-7,11-12,14-15H,2-5,8-10H2,1H3,(H,20,24)/t11-,14+,15+/m1/s1. The van der Waals surface area contributed by atoms with Crippen molar-refractivity contribution < 1.29 is 13.7 Å². The second-order valence-electron chi connectivity index (χ2n) is 7.96. The molecule has 5 rings (SSSR count). The van der Waals surface area contributed by atoms with Crippen LogP contribution in [0.3, 0.4) is 0 Å². The lowest BCUT2D eigenvalue weighted by atomic mass is 10.2. The Labute approximate surface area is 152 Å². The van der Waals surface area contributed by atoms with Crippen molar-refractivity contribution in [3.8, 4) is 0 Å². The van der Waals surface area contributed by atoms with Crippen molar-refractivity contribution in [1.29, 1.82) is 0 Å². The van der Waals surface area contributed by atoms with Crippen molar-refractivity contribution in [1.82, 2.24) is 20.4 Å². The number of likely N-dealkylation sites (tertiary alicyclic amines) is 1. The van der Waals surface area contributed by atoms with Gasteiger partial charge in [-0.25, -0.2) is 0 Å². The van der Waals surface area contributed by atoms with Gasteiger partial charge in [-0.1, -0.05) is 12.1 Å². The number of furan rings is 1. The van der Waals surface area contributed by atoms with Gasteiger partial charge in [0.05, 0.1) is 12.6 Å². The summed E-state index contributed by atoms with van der Waals surface area (Å²) in [5.74, 6) is 3.88. The van der Waals surface area contributed by atoms with Crippen molar-refractivity contribution in [3.05, 3.63) is 35.4 Å². The summed E-state index contributed by atoms with van der Waals surface area (Å²) in [6, 6.07) is 4.53. The summed E-state index contributed by atoms with van der Waals surface area (Å²) in [7, 11) is 0. The van der Waals surface area contributed by atoms with Crippen LogP contribution in [-0.4, -0.2) is 33.5 Å². The number of carbonyl (C=O) groups is 1. The molecule has 0 bridgehead atoms. The maximum Gasteiger partial charge on any atom is 0.292 e. The number of rotatable bonds is 6. The Morgan fingerprint density at radius 3 is 2.96 bits per heavy atom. The van der Waals surface area contributed by atoms with Gasteiger partial charge in [0.25, 0.3) is 11.7 Å². The van der Waals surface area contributed by atoms with Crippen LogP contribution in [0.4, 0.5) is 0 Å². The minimum Gasteiger partial charge on any atom is -0.464 e. The SMILES string of the molecule is C[C@@H]1C[C@@H]1c1ccc(CN2CCC[C@H]2c2nc(C(=O)NC3CC3)no2)o1. The normalized spacial score (nSPS) is 28.4. The highest BCUT2D eigenvalue weighted by Crippen LogP contribution is 2.47. The molecule has 3 atom stereocenters. The number of nitrogens with zero attached hydrogens (tertiary/aromatic N) is 3. The Morgan fingerprint density at radius 1 is 1.35 bits per heavy atom. The molecular formula is C19H24N4O3. The Hall–Kier alpha value is -2.15. The lowest BCUT2D eigenvalue weighted by molar-refractivity contribution is 0.0937. The van der Waals surface area contributed by atoms with E-state index in [1.165, 1.54) is 6.42 Å². The number of hydrogen-bond acceptors (Lipinski definition) is 6. The fraction of sp³-hybridized carbons (Fsp3) is 0.632. The van der Waals surface area contributed by atoms with Gasteiger partial charge in [0.15, 0.2) is 0 Å². The molecule has 3 heterocycles. The van der Waals surface area contributed by atoms with E-state index >= 15 is 0 Å². The lowest BCUT2D eigenvalue weighted by Crippen LogP contribution is -2.26. The first kappa shape index (κ1) is 16.1. The molecular weight excluding hydrogens is 332 g/mol. The molecule has 26 heavy (non-hydrogen) atoms. The van der Waals surface area contributed by atoms with Crippen molar-refractivity contribution in [2.45, 2.75) is 63.6 Å². The first-order valence-corrected chi connectivity index (χ1v) is 9.64.